The number of hydrogen-bond donors (Lipinski definition) is 2. The van der Waals surface area contributed by atoms with Crippen LogP contribution in [0.2, 0.25) is 0 Å². The Kier molecular flexibility index (Phi) is 3.96. The van der Waals surface area contributed by atoms with Crippen LogP contribution in [0.4, 0.5) is 11.5 Å². The summed E-state index contributed by atoms with van der Waals surface area (Å²) in [4.78, 5) is 4.27. The van der Waals surface area contributed by atoms with Gasteiger partial charge < -0.3 is 11.1 Å². The van der Waals surface area contributed by atoms with Crippen LogP contribution in [0.3, 0.4) is 0 Å². The normalized spacial score (nSPS) is 11.9. The van der Waals surface area contributed by atoms with E-state index in [1.807, 2.05) is 30.3 Å². The molecule has 0 aliphatic heterocycles. The van der Waals surface area contributed by atoms with E-state index in [2.05, 4.69) is 39.6 Å². The lowest BCUT2D eigenvalue weighted by molar-refractivity contribution is 0.883. The van der Waals surface area contributed by atoms with Gasteiger partial charge in [-0.25, -0.2) is 0 Å². The van der Waals surface area contributed by atoms with Crippen molar-refractivity contribution in [2.45, 2.75) is 13.0 Å². The average molecular weight is 291 g/mol. The van der Waals surface area contributed by atoms with E-state index in [0.29, 0.717) is 5.82 Å². The van der Waals surface area contributed by atoms with Crippen molar-refractivity contribution in [3.63, 3.8) is 0 Å². The highest BCUT2D eigenvalue weighted by atomic mass is 15.1. The standard InChI is InChI=1S/C17H17N5/c1-12(13-5-3-2-4-6-13)20-15-9-14(10-19-11-15)16-7-8-17(18)22-21-16/h2-12,20H,1H3,(H2,18,22)/t12-/m0/s1. The molecule has 0 aliphatic carbocycles. The molecule has 0 saturated heterocycles. The van der Waals surface area contributed by atoms with Crippen LogP contribution in [0.1, 0.15) is 18.5 Å². The summed E-state index contributed by atoms with van der Waals surface area (Å²) in [7, 11) is 0. The predicted octanol–water partition coefficient (Wildman–Crippen LogP) is 3.29. The fraction of sp³-hybridized carbons (Fsp3) is 0.118. The number of benzene rings is 1. The van der Waals surface area contributed by atoms with Crippen LogP contribution >= 0.6 is 0 Å². The van der Waals surface area contributed by atoms with Gasteiger partial charge >= 0.3 is 0 Å². The minimum atomic E-state index is 0.191. The Balaban J connectivity index is 1.81. The van der Waals surface area contributed by atoms with Crippen molar-refractivity contribution in [2.24, 2.45) is 0 Å². The van der Waals surface area contributed by atoms with Gasteiger partial charge in [0.05, 0.1) is 11.4 Å². The summed E-state index contributed by atoms with van der Waals surface area (Å²) >= 11 is 0. The maximum absolute atomic E-state index is 5.56. The molecule has 1 atom stereocenters. The molecule has 0 fully saturated rings. The van der Waals surface area contributed by atoms with Crippen LogP contribution in [0.5, 0.6) is 0 Å². The third-order valence-electron chi connectivity index (χ3n) is 3.40. The van der Waals surface area contributed by atoms with Crippen molar-refractivity contribution in [1.29, 1.82) is 0 Å². The number of nitrogens with zero attached hydrogens (tertiary/aromatic N) is 3. The first-order valence-electron chi connectivity index (χ1n) is 7.08. The van der Waals surface area contributed by atoms with Gasteiger partial charge in [0.15, 0.2) is 0 Å². The van der Waals surface area contributed by atoms with E-state index < -0.39 is 0 Å². The quantitative estimate of drug-likeness (QED) is 0.771. The molecule has 2 heterocycles. The third-order valence-corrected chi connectivity index (χ3v) is 3.40. The molecule has 5 heteroatoms. The highest BCUT2D eigenvalue weighted by molar-refractivity contribution is 5.63. The molecule has 0 radical (unpaired) electrons. The van der Waals surface area contributed by atoms with Gasteiger partial charge in [-0.2, -0.15) is 0 Å². The lowest BCUT2D eigenvalue weighted by atomic mass is 10.1. The van der Waals surface area contributed by atoms with E-state index in [1.165, 1.54) is 5.56 Å². The maximum Gasteiger partial charge on any atom is 0.146 e. The third kappa shape index (κ3) is 3.20. The molecule has 110 valence electrons. The second-order valence-corrected chi connectivity index (χ2v) is 5.08. The summed E-state index contributed by atoms with van der Waals surface area (Å²) in [6.45, 7) is 2.12. The number of pyridine rings is 1. The predicted molar refractivity (Wildman–Crippen MR) is 88.2 cm³/mol. The molecule has 0 aliphatic rings. The SMILES string of the molecule is C[C@H](Nc1cncc(-c2ccc(N)nn2)c1)c1ccccc1. The molecule has 3 N–H and O–H groups in total. The second-order valence-electron chi connectivity index (χ2n) is 5.08. The molecule has 2 aromatic heterocycles. The van der Waals surface area contributed by atoms with Crippen molar-refractivity contribution in [1.82, 2.24) is 15.2 Å². The second kappa shape index (κ2) is 6.22. The highest BCUT2D eigenvalue weighted by Gasteiger charge is 2.07. The molecule has 0 spiro atoms. The Hall–Kier alpha value is -2.95. The smallest absolute Gasteiger partial charge is 0.146 e. The van der Waals surface area contributed by atoms with Gasteiger partial charge in [-0.05, 0) is 30.7 Å². The van der Waals surface area contributed by atoms with Crippen LogP contribution in [-0.4, -0.2) is 15.2 Å². The topological polar surface area (TPSA) is 76.7 Å². The van der Waals surface area contributed by atoms with Crippen molar-refractivity contribution >= 4 is 11.5 Å². The lowest BCUT2D eigenvalue weighted by Crippen LogP contribution is -2.06. The summed E-state index contributed by atoms with van der Waals surface area (Å²) < 4.78 is 0. The first-order chi connectivity index (χ1) is 10.7. The number of nitrogens with two attached hydrogens (primary N) is 1. The Labute approximate surface area is 129 Å². The number of nitrogens with one attached hydrogen (secondary N) is 1. The fourth-order valence-electron chi connectivity index (χ4n) is 2.23. The molecule has 0 amide bonds. The monoisotopic (exact) mass is 291 g/mol. The zero-order valence-corrected chi connectivity index (χ0v) is 12.3. The Morgan fingerprint density at radius 3 is 2.55 bits per heavy atom. The van der Waals surface area contributed by atoms with Gasteiger partial charge in [-0.3, -0.25) is 4.98 Å². The van der Waals surface area contributed by atoms with Crippen molar-refractivity contribution < 1.29 is 0 Å². The Bertz CT molecular complexity index is 741. The van der Waals surface area contributed by atoms with E-state index in [9.17, 15) is 0 Å². The van der Waals surface area contributed by atoms with E-state index in [1.54, 1.807) is 18.5 Å². The molecule has 3 aromatic rings. The largest absolute Gasteiger partial charge is 0.382 e. The van der Waals surface area contributed by atoms with E-state index in [0.717, 1.165) is 16.9 Å². The molecular formula is C17H17N5. The molecular weight excluding hydrogens is 274 g/mol. The Morgan fingerprint density at radius 2 is 1.82 bits per heavy atom. The highest BCUT2D eigenvalue weighted by Crippen LogP contribution is 2.23. The first-order valence-corrected chi connectivity index (χ1v) is 7.08. The van der Waals surface area contributed by atoms with E-state index in [4.69, 9.17) is 5.73 Å². The van der Waals surface area contributed by atoms with Crippen LogP contribution in [-0.2, 0) is 0 Å². The first kappa shape index (κ1) is 14.0. The molecule has 1 aromatic carbocycles. The number of anilines is 2. The summed E-state index contributed by atoms with van der Waals surface area (Å²) in [6.07, 6.45) is 3.56. The molecule has 0 bridgehead atoms. The number of rotatable bonds is 4. The van der Waals surface area contributed by atoms with Gasteiger partial charge in [0, 0.05) is 24.0 Å². The number of nitrogen functional groups attached to an aromatic ring is 1. The summed E-state index contributed by atoms with van der Waals surface area (Å²) in [6, 6.07) is 16.0. The van der Waals surface area contributed by atoms with Crippen LogP contribution in [0.25, 0.3) is 11.3 Å². The van der Waals surface area contributed by atoms with Crippen molar-refractivity contribution in [3.05, 3.63) is 66.5 Å². The zero-order valence-electron chi connectivity index (χ0n) is 12.3. The van der Waals surface area contributed by atoms with Gasteiger partial charge in [0.2, 0.25) is 0 Å². The minimum absolute atomic E-state index is 0.191. The van der Waals surface area contributed by atoms with Crippen molar-refractivity contribution in [2.75, 3.05) is 11.1 Å². The number of hydrogen-bond acceptors (Lipinski definition) is 5. The van der Waals surface area contributed by atoms with Gasteiger partial charge in [0.1, 0.15) is 5.82 Å². The van der Waals surface area contributed by atoms with Crippen molar-refractivity contribution in [3.8, 4) is 11.3 Å². The van der Waals surface area contributed by atoms with Gasteiger partial charge in [0.25, 0.3) is 0 Å². The Morgan fingerprint density at radius 1 is 1.00 bits per heavy atom. The molecule has 5 nitrogen and oxygen atoms in total. The van der Waals surface area contributed by atoms with E-state index in [-0.39, 0.29) is 6.04 Å². The zero-order chi connectivity index (χ0) is 15.4. The van der Waals surface area contributed by atoms with Crippen LogP contribution < -0.4 is 11.1 Å². The van der Waals surface area contributed by atoms with Crippen LogP contribution in [0, 0.1) is 0 Å². The fourth-order valence-corrected chi connectivity index (χ4v) is 2.23. The van der Waals surface area contributed by atoms with Crippen LogP contribution in [0.15, 0.2) is 60.9 Å². The lowest BCUT2D eigenvalue weighted by Gasteiger charge is -2.15. The molecule has 22 heavy (non-hydrogen) atoms. The van der Waals surface area contributed by atoms with Gasteiger partial charge in [-0.15, -0.1) is 10.2 Å². The summed E-state index contributed by atoms with van der Waals surface area (Å²) in [5.41, 5.74) is 9.37. The summed E-state index contributed by atoms with van der Waals surface area (Å²) in [5.74, 6) is 0.406. The number of aromatic nitrogens is 3. The summed E-state index contributed by atoms with van der Waals surface area (Å²) in [5, 5.41) is 11.4. The minimum Gasteiger partial charge on any atom is -0.382 e. The molecule has 3 rings (SSSR count). The van der Waals surface area contributed by atoms with Gasteiger partial charge in [-0.1, -0.05) is 30.3 Å². The molecule has 0 unspecified atom stereocenters. The maximum atomic E-state index is 5.56. The average Bonchev–Trinajstić information content (AvgIpc) is 2.56. The van der Waals surface area contributed by atoms with E-state index >= 15 is 0 Å². The molecule has 0 saturated carbocycles.